The predicted octanol–water partition coefficient (Wildman–Crippen LogP) is 3.86. The Morgan fingerprint density at radius 3 is 2.56 bits per heavy atom. The fourth-order valence-electron chi connectivity index (χ4n) is 2.23. The summed E-state index contributed by atoms with van der Waals surface area (Å²) in [4.78, 5) is 12.2. The Morgan fingerprint density at radius 1 is 1.07 bits per heavy atom. The van der Waals surface area contributed by atoms with E-state index in [4.69, 9.17) is 11.6 Å². The molecule has 0 radical (unpaired) electrons. The van der Waals surface area contributed by atoms with Crippen molar-refractivity contribution in [2.24, 2.45) is 0 Å². The molecule has 7 nitrogen and oxygen atoms in total. The third-order valence-electron chi connectivity index (χ3n) is 3.82. The number of benzene rings is 2. The van der Waals surface area contributed by atoms with Gasteiger partial charge >= 0.3 is 0 Å². The lowest BCUT2D eigenvalue weighted by atomic mass is 10.1. The molecule has 0 aliphatic heterocycles. The number of rotatable bonds is 5. The number of hydrogen-bond donors (Lipinski definition) is 2. The van der Waals surface area contributed by atoms with E-state index < -0.39 is 15.9 Å². The zero-order valence-corrected chi connectivity index (χ0v) is 16.7. The molecule has 0 spiro atoms. The van der Waals surface area contributed by atoms with Gasteiger partial charge in [0.25, 0.3) is 20.3 Å². The molecule has 0 saturated heterocycles. The molecule has 0 aliphatic rings. The normalized spacial score (nSPS) is 11.2. The molecular formula is C17H15ClN4O3S2. The summed E-state index contributed by atoms with van der Waals surface area (Å²) in [7, 11) is -3.92. The Hall–Kier alpha value is -2.49. The average Bonchev–Trinajstić information content (AvgIpc) is 3.08. The van der Waals surface area contributed by atoms with Crippen LogP contribution in [-0.2, 0) is 10.0 Å². The minimum atomic E-state index is -3.92. The highest BCUT2D eigenvalue weighted by atomic mass is 35.5. The van der Waals surface area contributed by atoms with Crippen LogP contribution in [0.25, 0.3) is 0 Å². The SMILES string of the molecule is Cc1cccc(NS(=O)(=O)c2nnc(NC(=O)c3ccccc3Cl)s2)c1C. The number of carbonyl (C=O) groups excluding carboxylic acids is 1. The smallest absolute Gasteiger partial charge is 0.291 e. The van der Waals surface area contributed by atoms with E-state index in [9.17, 15) is 13.2 Å². The van der Waals surface area contributed by atoms with Crippen molar-refractivity contribution in [3.05, 3.63) is 64.2 Å². The van der Waals surface area contributed by atoms with E-state index in [1.165, 1.54) is 0 Å². The van der Waals surface area contributed by atoms with Gasteiger partial charge in [-0.3, -0.25) is 14.8 Å². The van der Waals surface area contributed by atoms with E-state index in [-0.39, 0.29) is 20.1 Å². The lowest BCUT2D eigenvalue weighted by Crippen LogP contribution is -2.13. The first-order valence-electron chi connectivity index (χ1n) is 7.76. The van der Waals surface area contributed by atoms with Crippen molar-refractivity contribution in [2.45, 2.75) is 18.2 Å². The lowest BCUT2D eigenvalue weighted by molar-refractivity contribution is 0.102. The molecule has 27 heavy (non-hydrogen) atoms. The first-order valence-corrected chi connectivity index (χ1v) is 10.4. The molecule has 2 aromatic carbocycles. The number of hydrogen-bond acceptors (Lipinski definition) is 6. The third-order valence-corrected chi connectivity index (χ3v) is 6.73. The van der Waals surface area contributed by atoms with Crippen molar-refractivity contribution in [3.8, 4) is 0 Å². The van der Waals surface area contributed by atoms with E-state index in [0.29, 0.717) is 5.69 Å². The molecule has 1 aromatic heterocycles. The number of anilines is 2. The van der Waals surface area contributed by atoms with Gasteiger partial charge in [-0.1, -0.05) is 47.2 Å². The molecule has 140 valence electrons. The Morgan fingerprint density at radius 2 is 1.81 bits per heavy atom. The summed E-state index contributed by atoms with van der Waals surface area (Å²) in [5.74, 6) is -0.497. The highest BCUT2D eigenvalue weighted by Crippen LogP contribution is 2.26. The van der Waals surface area contributed by atoms with Gasteiger partial charge in [0, 0.05) is 0 Å². The number of carbonyl (C=O) groups is 1. The fraction of sp³-hybridized carbons (Fsp3) is 0.118. The van der Waals surface area contributed by atoms with Crippen molar-refractivity contribution < 1.29 is 13.2 Å². The van der Waals surface area contributed by atoms with Crippen LogP contribution in [-0.4, -0.2) is 24.5 Å². The lowest BCUT2D eigenvalue weighted by Gasteiger charge is -2.10. The van der Waals surface area contributed by atoms with Gasteiger partial charge in [-0.25, -0.2) is 0 Å². The van der Waals surface area contributed by atoms with Crippen molar-refractivity contribution in [1.29, 1.82) is 0 Å². The summed E-state index contributed by atoms with van der Waals surface area (Å²) in [6.07, 6.45) is 0. The average molecular weight is 423 g/mol. The number of aromatic nitrogens is 2. The molecular weight excluding hydrogens is 408 g/mol. The number of nitrogens with zero attached hydrogens (tertiary/aromatic N) is 2. The minimum Gasteiger partial charge on any atom is -0.296 e. The highest BCUT2D eigenvalue weighted by molar-refractivity contribution is 7.94. The van der Waals surface area contributed by atoms with Crippen LogP contribution >= 0.6 is 22.9 Å². The molecule has 2 N–H and O–H groups in total. The van der Waals surface area contributed by atoms with E-state index in [0.717, 1.165) is 22.5 Å². The molecule has 0 saturated carbocycles. The number of nitrogens with one attached hydrogen (secondary N) is 2. The minimum absolute atomic E-state index is 0.0567. The van der Waals surface area contributed by atoms with Crippen molar-refractivity contribution in [2.75, 3.05) is 10.0 Å². The Kier molecular flexibility index (Phi) is 5.45. The van der Waals surface area contributed by atoms with Gasteiger partial charge in [-0.05, 0) is 43.2 Å². The zero-order valence-electron chi connectivity index (χ0n) is 14.4. The Labute approximate surface area is 165 Å². The van der Waals surface area contributed by atoms with Crippen molar-refractivity contribution in [3.63, 3.8) is 0 Å². The molecule has 3 rings (SSSR count). The maximum atomic E-state index is 12.6. The quantitative estimate of drug-likeness (QED) is 0.608. The number of aryl methyl sites for hydroxylation is 1. The summed E-state index contributed by atoms with van der Waals surface area (Å²) in [5.41, 5.74) is 2.50. The van der Waals surface area contributed by atoms with Gasteiger partial charge in [0.05, 0.1) is 16.3 Å². The molecule has 0 atom stereocenters. The predicted molar refractivity (Wildman–Crippen MR) is 106 cm³/mol. The van der Waals surface area contributed by atoms with Crippen LogP contribution < -0.4 is 10.0 Å². The van der Waals surface area contributed by atoms with Gasteiger partial charge in [-0.15, -0.1) is 10.2 Å². The molecule has 0 aliphatic carbocycles. The number of halogens is 1. The molecule has 0 fully saturated rings. The third kappa shape index (κ3) is 4.26. The van der Waals surface area contributed by atoms with Crippen LogP contribution in [0.5, 0.6) is 0 Å². The first kappa shape index (κ1) is 19.3. The Bertz CT molecular complexity index is 1110. The first-order chi connectivity index (χ1) is 12.8. The van der Waals surface area contributed by atoms with Gasteiger partial charge in [0.15, 0.2) is 0 Å². The summed E-state index contributed by atoms with van der Waals surface area (Å²) in [5, 5.41) is 10.3. The second kappa shape index (κ2) is 7.63. The largest absolute Gasteiger partial charge is 0.296 e. The van der Waals surface area contributed by atoms with Crippen LogP contribution in [0.4, 0.5) is 10.8 Å². The van der Waals surface area contributed by atoms with E-state index in [1.54, 1.807) is 36.4 Å². The van der Waals surface area contributed by atoms with Crippen molar-refractivity contribution in [1.82, 2.24) is 10.2 Å². The van der Waals surface area contributed by atoms with Gasteiger partial charge < -0.3 is 0 Å². The summed E-state index contributed by atoms with van der Waals surface area (Å²) < 4.78 is 27.3. The van der Waals surface area contributed by atoms with Crippen LogP contribution in [0.15, 0.2) is 46.8 Å². The van der Waals surface area contributed by atoms with Crippen LogP contribution in [0.3, 0.4) is 0 Å². The zero-order chi connectivity index (χ0) is 19.6. The van der Waals surface area contributed by atoms with Crippen LogP contribution in [0.2, 0.25) is 5.02 Å². The van der Waals surface area contributed by atoms with Crippen molar-refractivity contribution >= 4 is 49.7 Å². The molecule has 3 aromatic rings. The van der Waals surface area contributed by atoms with Gasteiger partial charge in [0.2, 0.25) is 5.13 Å². The summed E-state index contributed by atoms with van der Waals surface area (Å²) >= 11 is 6.73. The Balaban J connectivity index is 1.79. The monoisotopic (exact) mass is 422 g/mol. The molecule has 1 amide bonds. The topological polar surface area (TPSA) is 101 Å². The molecule has 0 unspecified atom stereocenters. The second-order valence-electron chi connectivity index (χ2n) is 5.66. The molecule has 10 heteroatoms. The molecule has 1 heterocycles. The summed E-state index contributed by atoms with van der Waals surface area (Å²) in [6, 6.07) is 11.8. The van der Waals surface area contributed by atoms with E-state index in [1.807, 2.05) is 19.9 Å². The molecule has 0 bridgehead atoms. The van der Waals surface area contributed by atoms with Crippen LogP contribution in [0.1, 0.15) is 21.5 Å². The van der Waals surface area contributed by atoms with Gasteiger partial charge in [0.1, 0.15) is 0 Å². The van der Waals surface area contributed by atoms with E-state index in [2.05, 4.69) is 20.2 Å². The van der Waals surface area contributed by atoms with E-state index >= 15 is 0 Å². The van der Waals surface area contributed by atoms with Gasteiger partial charge in [-0.2, -0.15) is 8.42 Å². The fourth-order valence-corrected chi connectivity index (χ4v) is 4.47. The second-order valence-corrected chi connectivity index (χ2v) is 8.90. The summed E-state index contributed by atoms with van der Waals surface area (Å²) in [6.45, 7) is 3.71. The van der Waals surface area contributed by atoms with Crippen LogP contribution in [0, 0.1) is 13.8 Å². The maximum Gasteiger partial charge on any atom is 0.291 e. The standard InChI is InChI=1S/C17H15ClN4O3S2/c1-10-6-5-9-14(11(10)2)22-27(24,25)17-21-20-16(26-17)19-15(23)12-7-3-4-8-13(12)18/h3-9,22H,1-2H3,(H,19,20,23). The maximum absolute atomic E-state index is 12.6. The highest BCUT2D eigenvalue weighted by Gasteiger charge is 2.22. The number of sulfonamides is 1. The number of amides is 1.